The summed E-state index contributed by atoms with van der Waals surface area (Å²) in [6, 6.07) is 0. The van der Waals surface area contributed by atoms with Gasteiger partial charge in [-0.15, -0.1) is 13.2 Å². The lowest BCUT2D eigenvalue weighted by atomic mass is 10.4. The van der Waals surface area contributed by atoms with E-state index in [0.717, 1.165) is 0 Å². The second-order valence-corrected chi connectivity index (χ2v) is 1.81. The molecular weight excluding hydrogens is 151 g/mol. The number of ether oxygens (including phenoxy) is 1. The fourth-order valence-electron chi connectivity index (χ4n) is 0.621. The minimum absolute atomic E-state index is 0.222. The third-order valence-electron chi connectivity index (χ3n) is 0.973. The summed E-state index contributed by atoms with van der Waals surface area (Å²) in [4.78, 5) is 4.43. The highest BCUT2D eigenvalue weighted by Gasteiger charge is 2.34. The van der Waals surface area contributed by atoms with Crippen LogP contribution in [-0.2, 0) is 9.57 Å². The molecule has 0 bridgehead atoms. The van der Waals surface area contributed by atoms with E-state index < -0.39 is 12.6 Å². The first-order valence-corrected chi connectivity index (χ1v) is 2.70. The molecule has 1 rings (SSSR count). The predicted octanol–water partition coefficient (Wildman–Crippen LogP) is 0.774. The molecule has 1 fully saturated rings. The highest BCUT2D eigenvalue weighted by atomic mass is 19.4. The average molecular weight is 157 g/mol. The molecule has 1 heterocycles. The van der Waals surface area contributed by atoms with Gasteiger partial charge < -0.3 is 0 Å². The monoisotopic (exact) mass is 157 g/mol. The Morgan fingerprint density at radius 2 is 2.20 bits per heavy atom. The van der Waals surface area contributed by atoms with Crippen molar-refractivity contribution in [3.05, 3.63) is 0 Å². The lowest BCUT2D eigenvalue weighted by Crippen LogP contribution is -2.30. The summed E-state index contributed by atoms with van der Waals surface area (Å²) < 4.78 is 37.7. The number of alkyl halides is 3. The first-order valence-electron chi connectivity index (χ1n) is 2.70. The van der Waals surface area contributed by atoms with Crippen molar-refractivity contribution >= 4 is 0 Å². The van der Waals surface area contributed by atoms with E-state index in [0.29, 0.717) is 0 Å². The van der Waals surface area contributed by atoms with Gasteiger partial charge in [-0.05, 0) is 0 Å². The van der Waals surface area contributed by atoms with Crippen LogP contribution in [0.25, 0.3) is 0 Å². The summed E-state index contributed by atoms with van der Waals surface area (Å²) >= 11 is 0. The van der Waals surface area contributed by atoms with Crippen LogP contribution in [0.3, 0.4) is 0 Å². The molecule has 1 saturated heterocycles. The lowest BCUT2D eigenvalue weighted by molar-refractivity contribution is -0.348. The van der Waals surface area contributed by atoms with Gasteiger partial charge in [-0.2, -0.15) is 5.48 Å². The van der Waals surface area contributed by atoms with Crippen molar-refractivity contribution in [1.82, 2.24) is 5.48 Å². The molecule has 6 heteroatoms. The molecule has 10 heavy (non-hydrogen) atoms. The van der Waals surface area contributed by atoms with Crippen LogP contribution in [0.4, 0.5) is 13.2 Å². The summed E-state index contributed by atoms with van der Waals surface area (Å²) in [6.07, 6.45) is -5.40. The Balaban J connectivity index is 2.24. The zero-order valence-electron chi connectivity index (χ0n) is 4.94. The fraction of sp³-hybridized carbons (Fsp3) is 1.00. The fourth-order valence-corrected chi connectivity index (χ4v) is 0.621. The minimum atomic E-state index is -4.58. The van der Waals surface area contributed by atoms with Gasteiger partial charge in [-0.25, -0.2) is 0 Å². The summed E-state index contributed by atoms with van der Waals surface area (Å²) in [6.45, 7) is 0.251. The summed E-state index contributed by atoms with van der Waals surface area (Å²) in [7, 11) is 0. The molecule has 0 spiro atoms. The van der Waals surface area contributed by atoms with E-state index in [1.54, 1.807) is 0 Å². The van der Waals surface area contributed by atoms with Crippen molar-refractivity contribution in [3.8, 4) is 0 Å². The van der Waals surface area contributed by atoms with Gasteiger partial charge in [0, 0.05) is 6.42 Å². The van der Waals surface area contributed by atoms with Crippen LogP contribution >= 0.6 is 0 Å². The van der Waals surface area contributed by atoms with E-state index in [1.165, 1.54) is 0 Å². The lowest BCUT2D eigenvalue weighted by Gasteiger charge is -2.11. The van der Waals surface area contributed by atoms with Gasteiger partial charge in [-0.1, -0.05) is 0 Å². The molecule has 1 aliphatic heterocycles. The molecular formula is C4H6F3NO2. The van der Waals surface area contributed by atoms with Crippen molar-refractivity contribution in [2.45, 2.75) is 19.0 Å². The number of hydrogen-bond acceptors (Lipinski definition) is 3. The Hall–Kier alpha value is -0.330. The van der Waals surface area contributed by atoms with Crippen LogP contribution < -0.4 is 5.48 Å². The molecule has 0 saturated carbocycles. The van der Waals surface area contributed by atoms with E-state index in [-0.39, 0.29) is 13.0 Å². The van der Waals surface area contributed by atoms with E-state index >= 15 is 0 Å². The molecule has 0 radical (unpaired) electrons. The SMILES string of the molecule is FC(F)(F)OC1CCON1. The maximum Gasteiger partial charge on any atom is 0.524 e. The molecule has 0 aromatic rings. The summed E-state index contributed by atoms with van der Waals surface area (Å²) in [5, 5.41) is 0. The van der Waals surface area contributed by atoms with E-state index in [4.69, 9.17) is 0 Å². The Morgan fingerprint density at radius 1 is 1.50 bits per heavy atom. The number of hydrogen-bond donors (Lipinski definition) is 1. The molecule has 0 aliphatic carbocycles. The highest BCUT2D eigenvalue weighted by molar-refractivity contribution is 4.54. The van der Waals surface area contributed by atoms with Crippen LogP contribution in [0, 0.1) is 0 Å². The highest BCUT2D eigenvalue weighted by Crippen LogP contribution is 2.20. The van der Waals surface area contributed by atoms with Gasteiger partial charge in [0.1, 0.15) is 6.23 Å². The standard InChI is InChI=1S/C4H6F3NO2/c5-4(6,7)10-3-1-2-9-8-3/h3,8H,1-2H2. The first kappa shape index (κ1) is 7.77. The number of halogens is 3. The average Bonchev–Trinajstić information content (AvgIpc) is 2.12. The smallest absolute Gasteiger partial charge is 0.299 e. The largest absolute Gasteiger partial charge is 0.524 e. The molecule has 0 amide bonds. The number of rotatable bonds is 1. The Morgan fingerprint density at radius 3 is 2.60 bits per heavy atom. The maximum atomic E-state index is 11.4. The van der Waals surface area contributed by atoms with Crippen molar-refractivity contribution < 1.29 is 22.7 Å². The summed E-state index contributed by atoms with van der Waals surface area (Å²) in [5.74, 6) is 0. The van der Waals surface area contributed by atoms with Gasteiger partial charge in [0.15, 0.2) is 0 Å². The van der Waals surface area contributed by atoms with Crippen LogP contribution in [-0.4, -0.2) is 19.2 Å². The molecule has 1 unspecified atom stereocenters. The van der Waals surface area contributed by atoms with Gasteiger partial charge in [0.05, 0.1) is 6.61 Å². The van der Waals surface area contributed by atoms with Gasteiger partial charge >= 0.3 is 6.36 Å². The van der Waals surface area contributed by atoms with E-state index in [2.05, 4.69) is 15.1 Å². The second-order valence-electron chi connectivity index (χ2n) is 1.81. The Bertz CT molecular complexity index is 110. The molecule has 1 atom stereocenters. The topological polar surface area (TPSA) is 30.5 Å². The van der Waals surface area contributed by atoms with Crippen LogP contribution in [0.15, 0.2) is 0 Å². The zero-order valence-corrected chi connectivity index (χ0v) is 4.94. The third-order valence-corrected chi connectivity index (χ3v) is 0.973. The number of nitrogens with one attached hydrogen (secondary N) is 1. The van der Waals surface area contributed by atoms with Crippen molar-refractivity contribution in [3.63, 3.8) is 0 Å². The molecule has 0 aromatic heterocycles. The molecule has 1 aliphatic rings. The van der Waals surface area contributed by atoms with Crippen LogP contribution in [0.5, 0.6) is 0 Å². The maximum absolute atomic E-state index is 11.4. The second kappa shape index (κ2) is 2.73. The van der Waals surface area contributed by atoms with Gasteiger partial charge in [0.2, 0.25) is 0 Å². The zero-order chi connectivity index (χ0) is 7.61. The molecule has 3 nitrogen and oxygen atoms in total. The molecule has 60 valence electrons. The summed E-state index contributed by atoms with van der Waals surface area (Å²) in [5.41, 5.74) is 2.07. The quantitative estimate of drug-likeness (QED) is 0.609. The number of hydroxylamine groups is 1. The van der Waals surface area contributed by atoms with Crippen LogP contribution in [0.1, 0.15) is 6.42 Å². The molecule has 1 N–H and O–H groups in total. The van der Waals surface area contributed by atoms with E-state index in [1.807, 2.05) is 0 Å². The third kappa shape index (κ3) is 2.51. The minimum Gasteiger partial charge on any atom is -0.299 e. The predicted molar refractivity (Wildman–Crippen MR) is 24.6 cm³/mol. The molecule has 0 aromatic carbocycles. The van der Waals surface area contributed by atoms with Crippen molar-refractivity contribution in [2.75, 3.05) is 6.61 Å². The van der Waals surface area contributed by atoms with Gasteiger partial charge in [-0.3, -0.25) is 9.57 Å². The first-order chi connectivity index (χ1) is 4.58. The Labute approximate surface area is 55.1 Å². The normalized spacial score (nSPS) is 27.3. The van der Waals surface area contributed by atoms with Crippen molar-refractivity contribution in [1.29, 1.82) is 0 Å². The van der Waals surface area contributed by atoms with Crippen LogP contribution in [0.2, 0.25) is 0 Å². The Kier molecular flexibility index (Phi) is 2.12. The van der Waals surface area contributed by atoms with Crippen molar-refractivity contribution in [2.24, 2.45) is 0 Å². The van der Waals surface area contributed by atoms with Gasteiger partial charge in [0.25, 0.3) is 0 Å². The van der Waals surface area contributed by atoms with E-state index in [9.17, 15) is 13.2 Å².